The molecule has 2 aliphatic rings. The second kappa shape index (κ2) is 6.72. The van der Waals surface area contributed by atoms with E-state index in [0.717, 1.165) is 31.8 Å². The second-order valence-electron chi connectivity index (χ2n) is 5.44. The molecule has 0 bridgehead atoms. The van der Waals surface area contributed by atoms with Crippen LogP contribution in [0.3, 0.4) is 0 Å². The van der Waals surface area contributed by atoms with Gasteiger partial charge in [-0.2, -0.15) is 0 Å². The van der Waals surface area contributed by atoms with Gasteiger partial charge in [-0.25, -0.2) is 0 Å². The topological polar surface area (TPSA) is 24.5 Å². The average Bonchev–Trinajstić information content (AvgIpc) is 2.79. The number of nitrogens with one attached hydrogen (secondary N) is 1. The highest BCUT2D eigenvalue weighted by molar-refractivity contribution is 4.89. The highest BCUT2D eigenvalue weighted by Gasteiger charge is 2.31. The third kappa shape index (κ3) is 3.67. The minimum Gasteiger partial charge on any atom is -0.377 e. The highest BCUT2D eigenvalue weighted by Crippen LogP contribution is 2.27. The number of likely N-dealkylation sites (tertiary alicyclic amines) is 1. The maximum absolute atomic E-state index is 5.79. The van der Waals surface area contributed by atoms with E-state index in [1.807, 2.05) is 0 Å². The third-order valence-corrected chi connectivity index (χ3v) is 4.23. The number of nitrogens with zero attached hydrogens (tertiary/aromatic N) is 1. The molecular weight excluding hydrogens is 212 g/mol. The van der Waals surface area contributed by atoms with Crippen LogP contribution >= 0.6 is 0 Å². The summed E-state index contributed by atoms with van der Waals surface area (Å²) in [5.41, 5.74) is 0. The van der Waals surface area contributed by atoms with Crippen molar-refractivity contribution < 1.29 is 4.74 Å². The van der Waals surface area contributed by atoms with Crippen LogP contribution < -0.4 is 5.32 Å². The summed E-state index contributed by atoms with van der Waals surface area (Å²) in [5, 5.41) is 3.59. The zero-order valence-corrected chi connectivity index (χ0v) is 11.5. The molecule has 100 valence electrons. The Morgan fingerprint density at radius 2 is 2.12 bits per heavy atom. The zero-order valence-electron chi connectivity index (χ0n) is 11.5. The van der Waals surface area contributed by atoms with Crippen LogP contribution in [0, 0.1) is 0 Å². The summed E-state index contributed by atoms with van der Waals surface area (Å²) >= 11 is 0. The lowest BCUT2D eigenvalue weighted by Crippen LogP contribution is -2.45. The Kier molecular flexibility index (Phi) is 5.26. The van der Waals surface area contributed by atoms with Crippen LogP contribution in [0.4, 0.5) is 0 Å². The quantitative estimate of drug-likeness (QED) is 0.795. The molecule has 0 aromatic carbocycles. The van der Waals surface area contributed by atoms with E-state index < -0.39 is 0 Å². The number of rotatable bonds is 5. The molecule has 2 rings (SSSR count). The first-order valence-electron chi connectivity index (χ1n) is 7.42. The van der Waals surface area contributed by atoms with Gasteiger partial charge in [0.2, 0.25) is 0 Å². The van der Waals surface area contributed by atoms with Gasteiger partial charge in [-0.05, 0) is 52.1 Å². The first-order valence-corrected chi connectivity index (χ1v) is 7.42. The predicted octanol–water partition coefficient (Wildman–Crippen LogP) is 2.02. The maximum atomic E-state index is 5.79. The minimum absolute atomic E-state index is 0.493. The van der Waals surface area contributed by atoms with Crippen LogP contribution in [-0.2, 0) is 4.74 Å². The first-order chi connectivity index (χ1) is 8.33. The minimum atomic E-state index is 0.493. The van der Waals surface area contributed by atoms with Gasteiger partial charge >= 0.3 is 0 Å². The molecule has 0 radical (unpaired) electrons. The Hall–Kier alpha value is -0.120. The molecule has 17 heavy (non-hydrogen) atoms. The summed E-state index contributed by atoms with van der Waals surface area (Å²) in [5.74, 6) is 0. The fraction of sp³-hybridized carbons (Fsp3) is 1.00. The van der Waals surface area contributed by atoms with Gasteiger partial charge in [-0.15, -0.1) is 0 Å². The van der Waals surface area contributed by atoms with Gasteiger partial charge in [0.1, 0.15) is 0 Å². The fourth-order valence-corrected chi connectivity index (χ4v) is 3.43. The smallest absolute Gasteiger partial charge is 0.0702 e. The van der Waals surface area contributed by atoms with Crippen molar-refractivity contribution in [2.45, 2.75) is 64.1 Å². The fourth-order valence-electron chi connectivity index (χ4n) is 3.43. The average molecular weight is 240 g/mol. The molecule has 3 heteroatoms. The summed E-state index contributed by atoms with van der Waals surface area (Å²) in [7, 11) is 0. The van der Waals surface area contributed by atoms with Gasteiger partial charge in [0.15, 0.2) is 0 Å². The van der Waals surface area contributed by atoms with Crippen LogP contribution in [-0.4, -0.2) is 49.3 Å². The number of hydrogen-bond acceptors (Lipinski definition) is 3. The van der Waals surface area contributed by atoms with Crippen molar-refractivity contribution >= 4 is 0 Å². The lowest BCUT2D eigenvalue weighted by Gasteiger charge is -2.36. The van der Waals surface area contributed by atoms with E-state index in [9.17, 15) is 0 Å². The third-order valence-electron chi connectivity index (χ3n) is 4.23. The van der Waals surface area contributed by atoms with Crippen LogP contribution in [0.2, 0.25) is 0 Å². The van der Waals surface area contributed by atoms with Crippen molar-refractivity contribution in [3.05, 3.63) is 0 Å². The van der Waals surface area contributed by atoms with E-state index in [1.165, 1.54) is 38.6 Å². The van der Waals surface area contributed by atoms with E-state index in [-0.39, 0.29) is 0 Å². The van der Waals surface area contributed by atoms with Crippen LogP contribution in [0.5, 0.6) is 0 Å². The molecular formula is C14H28N2O. The molecule has 1 saturated heterocycles. The normalized spacial score (nSPS) is 35.3. The molecule has 3 unspecified atom stereocenters. The van der Waals surface area contributed by atoms with E-state index in [1.54, 1.807) is 0 Å². The highest BCUT2D eigenvalue weighted by atomic mass is 16.5. The van der Waals surface area contributed by atoms with Crippen LogP contribution in [0.15, 0.2) is 0 Å². The van der Waals surface area contributed by atoms with Crippen molar-refractivity contribution in [2.24, 2.45) is 0 Å². The number of hydrogen-bond donors (Lipinski definition) is 1. The molecule has 0 aromatic rings. The molecule has 3 nitrogen and oxygen atoms in total. The summed E-state index contributed by atoms with van der Waals surface area (Å²) in [6.45, 7) is 8.74. The van der Waals surface area contributed by atoms with Gasteiger partial charge in [0, 0.05) is 25.2 Å². The molecule has 1 N–H and O–H groups in total. The predicted molar refractivity (Wildman–Crippen MR) is 71.3 cm³/mol. The van der Waals surface area contributed by atoms with E-state index in [4.69, 9.17) is 4.74 Å². The molecule has 1 saturated carbocycles. The Labute approximate surface area is 106 Å². The summed E-state index contributed by atoms with van der Waals surface area (Å²) in [6.07, 6.45) is 7.13. The van der Waals surface area contributed by atoms with Crippen molar-refractivity contribution in [2.75, 3.05) is 26.2 Å². The van der Waals surface area contributed by atoms with Gasteiger partial charge in [-0.1, -0.05) is 6.92 Å². The largest absolute Gasteiger partial charge is 0.377 e. The van der Waals surface area contributed by atoms with Gasteiger partial charge in [-0.3, -0.25) is 4.90 Å². The lowest BCUT2D eigenvalue weighted by atomic mass is 10.0. The van der Waals surface area contributed by atoms with Crippen molar-refractivity contribution in [1.29, 1.82) is 0 Å². The Morgan fingerprint density at radius 1 is 1.24 bits per heavy atom. The second-order valence-corrected chi connectivity index (χ2v) is 5.44. The van der Waals surface area contributed by atoms with E-state index in [2.05, 4.69) is 24.1 Å². The molecule has 2 fully saturated rings. The van der Waals surface area contributed by atoms with Crippen LogP contribution in [0.25, 0.3) is 0 Å². The van der Waals surface area contributed by atoms with Gasteiger partial charge < -0.3 is 10.1 Å². The molecule has 0 aromatic heterocycles. The Bertz CT molecular complexity index is 220. The zero-order chi connectivity index (χ0) is 12.1. The molecule has 1 aliphatic heterocycles. The molecule has 1 heterocycles. The summed E-state index contributed by atoms with van der Waals surface area (Å²) < 4.78 is 5.79. The number of piperidine rings is 1. The molecule has 0 amide bonds. The summed E-state index contributed by atoms with van der Waals surface area (Å²) in [4.78, 5) is 2.68. The Balaban J connectivity index is 1.78. The van der Waals surface area contributed by atoms with Gasteiger partial charge in [0.05, 0.1) is 6.10 Å². The van der Waals surface area contributed by atoms with Crippen molar-refractivity contribution in [3.8, 4) is 0 Å². The maximum Gasteiger partial charge on any atom is 0.0702 e. The SMILES string of the molecule is CCNC1CCC(N2CCCC(OCC)C2)C1. The van der Waals surface area contributed by atoms with Gasteiger partial charge in [0.25, 0.3) is 0 Å². The Morgan fingerprint density at radius 3 is 2.88 bits per heavy atom. The van der Waals surface area contributed by atoms with Crippen LogP contribution in [0.1, 0.15) is 46.0 Å². The monoisotopic (exact) mass is 240 g/mol. The van der Waals surface area contributed by atoms with E-state index >= 15 is 0 Å². The molecule has 3 atom stereocenters. The van der Waals surface area contributed by atoms with Crippen molar-refractivity contribution in [1.82, 2.24) is 10.2 Å². The van der Waals surface area contributed by atoms with E-state index in [0.29, 0.717) is 6.10 Å². The number of ether oxygens (including phenoxy) is 1. The standard InChI is InChI=1S/C14H28N2O/c1-3-15-12-7-8-13(10-12)16-9-5-6-14(11-16)17-4-2/h12-15H,3-11H2,1-2H3. The first kappa shape index (κ1) is 13.3. The molecule has 1 aliphatic carbocycles. The summed E-state index contributed by atoms with van der Waals surface area (Å²) in [6, 6.07) is 1.57. The van der Waals surface area contributed by atoms with Crippen molar-refractivity contribution in [3.63, 3.8) is 0 Å². The molecule has 0 spiro atoms. The lowest BCUT2D eigenvalue weighted by molar-refractivity contribution is -0.00670.